The molecule has 3 aromatic rings. The number of rotatable bonds is 6. The lowest BCUT2D eigenvalue weighted by molar-refractivity contribution is -0.128. The molecule has 4 rings (SSSR count). The van der Waals surface area contributed by atoms with E-state index in [2.05, 4.69) is 10.2 Å². The number of amides is 1. The molecule has 1 atom stereocenters. The lowest BCUT2D eigenvalue weighted by atomic mass is 10.2. The number of carbonyl (C=O) groups is 1. The Morgan fingerprint density at radius 1 is 1.16 bits per heavy atom. The standard InChI is InChI=1S/C21H21ClN4O3S2/c1-25(18-11-12-31(28,29)14-18)19(27)13-30-21-24-23-20(15-5-3-2-4-6-15)26(21)17-9-7-16(22)8-10-17/h2-10,18H,11-14H2,1H3/t18-/m1/s1. The molecule has 0 radical (unpaired) electrons. The maximum atomic E-state index is 12.7. The number of benzene rings is 2. The summed E-state index contributed by atoms with van der Waals surface area (Å²) in [6.07, 6.45) is 0.481. The Balaban J connectivity index is 1.58. The van der Waals surface area contributed by atoms with Crippen molar-refractivity contribution >= 4 is 39.1 Å². The van der Waals surface area contributed by atoms with E-state index in [4.69, 9.17) is 11.6 Å². The van der Waals surface area contributed by atoms with E-state index in [0.29, 0.717) is 22.4 Å². The molecule has 1 fully saturated rings. The lowest BCUT2D eigenvalue weighted by Crippen LogP contribution is -2.38. The number of carbonyl (C=O) groups excluding carboxylic acids is 1. The fraction of sp³-hybridized carbons (Fsp3) is 0.286. The molecule has 0 aliphatic carbocycles. The van der Waals surface area contributed by atoms with Gasteiger partial charge in [0.05, 0.1) is 17.3 Å². The highest BCUT2D eigenvalue weighted by Crippen LogP contribution is 2.29. The third kappa shape index (κ3) is 4.94. The monoisotopic (exact) mass is 476 g/mol. The average Bonchev–Trinajstić information content (AvgIpc) is 3.35. The second kappa shape index (κ2) is 9.02. The molecule has 2 aromatic carbocycles. The molecule has 1 aliphatic heterocycles. The van der Waals surface area contributed by atoms with E-state index in [1.165, 1.54) is 11.8 Å². The van der Waals surface area contributed by atoms with Gasteiger partial charge in [0.2, 0.25) is 5.91 Å². The Morgan fingerprint density at radius 2 is 1.87 bits per heavy atom. The van der Waals surface area contributed by atoms with Crippen LogP contribution in [0.2, 0.25) is 5.02 Å². The first kappa shape index (κ1) is 21.9. The van der Waals surface area contributed by atoms with Crippen LogP contribution in [0.5, 0.6) is 0 Å². The molecule has 1 saturated heterocycles. The van der Waals surface area contributed by atoms with Crippen molar-refractivity contribution in [2.24, 2.45) is 0 Å². The summed E-state index contributed by atoms with van der Waals surface area (Å²) >= 11 is 7.32. The van der Waals surface area contributed by atoms with Crippen LogP contribution in [-0.4, -0.2) is 64.3 Å². The molecule has 2 heterocycles. The van der Waals surface area contributed by atoms with Crippen LogP contribution in [0.3, 0.4) is 0 Å². The summed E-state index contributed by atoms with van der Waals surface area (Å²) in [6.45, 7) is 0. The van der Waals surface area contributed by atoms with Crippen molar-refractivity contribution in [1.29, 1.82) is 0 Å². The normalized spacial score (nSPS) is 17.5. The van der Waals surface area contributed by atoms with Crippen LogP contribution in [0.25, 0.3) is 17.1 Å². The third-order valence-electron chi connectivity index (χ3n) is 5.22. The Morgan fingerprint density at radius 3 is 2.52 bits per heavy atom. The SMILES string of the molecule is CN(C(=O)CSc1nnc(-c2ccccc2)n1-c1ccc(Cl)cc1)[C@@H]1CCS(=O)(=O)C1. The van der Waals surface area contributed by atoms with Crippen molar-refractivity contribution < 1.29 is 13.2 Å². The topological polar surface area (TPSA) is 85.2 Å². The second-order valence-corrected chi connectivity index (χ2v) is 10.9. The highest BCUT2D eigenvalue weighted by Gasteiger charge is 2.32. The number of nitrogens with zero attached hydrogens (tertiary/aromatic N) is 4. The zero-order chi connectivity index (χ0) is 22.0. The van der Waals surface area contributed by atoms with Gasteiger partial charge in [0.25, 0.3) is 0 Å². The average molecular weight is 477 g/mol. The predicted molar refractivity (Wildman–Crippen MR) is 122 cm³/mol. The van der Waals surface area contributed by atoms with Gasteiger partial charge in [-0.3, -0.25) is 9.36 Å². The molecule has 10 heteroatoms. The smallest absolute Gasteiger partial charge is 0.233 e. The largest absolute Gasteiger partial charge is 0.341 e. The second-order valence-electron chi connectivity index (χ2n) is 7.33. The molecule has 0 N–H and O–H groups in total. The van der Waals surface area contributed by atoms with Gasteiger partial charge in [-0.2, -0.15) is 0 Å². The van der Waals surface area contributed by atoms with Gasteiger partial charge in [0.15, 0.2) is 20.8 Å². The van der Waals surface area contributed by atoms with E-state index in [0.717, 1.165) is 11.3 Å². The molecule has 1 aromatic heterocycles. The van der Waals surface area contributed by atoms with Gasteiger partial charge >= 0.3 is 0 Å². The number of halogens is 1. The Bertz CT molecular complexity index is 1180. The molecular formula is C21H21ClN4O3S2. The number of hydrogen-bond donors (Lipinski definition) is 0. The molecule has 0 bridgehead atoms. The van der Waals surface area contributed by atoms with E-state index in [-0.39, 0.29) is 29.2 Å². The van der Waals surface area contributed by atoms with Crippen LogP contribution in [0.4, 0.5) is 0 Å². The quantitative estimate of drug-likeness (QED) is 0.507. The van der Waals surface area contributed by atoms with Crippen molar-refractivity contribution in [2.75, 3.05) is 24.3 Å². The van der Waals surface area contributed by atoms with Gasteiger partial charge in [0, 0.05) is 29.4 Å². The molecule has 1 aliphatic rings. The van der Waals surface area contributed by atoms with E-state index in [9.17, 15) is 13.2 Å². The van der Waals surface area contributed by atoms with Crippen molar-refractivity contribution in [3.8, 4) is 17.1 Å². The number of thioether (sulfide) groups is 1. The van der Waals surface area contributed by atoms with Gasteiger partial charge < -0.3 is 4.90 Å². The molecule has 31 heavy (non-hydrogen) atoms. The van der Waals surface area contributed by atoms with E-state index >= 15 is 0 Å². The fourth-order valence-corrected chi connectivity index (χ4v) is 6.25. The van der Waals surface area contributed by atoms with Crippen LogP contribution in [0, 0.1) is 0 Å². The van der Waals surface area contributed by atoms with Gasteiger partial charge in [-0.05, 0) is 30.7 Å². The van der Waals surface area contributed by atoms with Crippen LogP contribution in [0.1, 0.15) is 6.42 Å². The maximum absolute atomic E-state index is 12.7. The molecule has 0 spiro atoms. The number of sulfone groups is 1. The Hall–Kier alpha value is -2.36. The molecule has 0 unspecified atom stereocenters. The van der Waals surface area contributed by atoms with Crippen molar-refractivity contribution in [1.82, 2.24) is 19.7 Å². The molecule has 0 saturated carbocycles. The minimum atomic E-state index is -3.05. The first-order valence-electron chi connectivity index (χ1n) is 9.70. The Labute approximate surface area is 190 Å². The van der Waals surface area contributed by atoms with Crippen molar-refractivity contribution in [3.05, 3.63) is 59.6 Å². The van der Waals surface area contributed by atoms with Crippen LogP contribution in [-0.2, 0) is 14.6 Å². The molecule has 162 valence electrons. The summed E-state index contributed by atoms with van der Waals surface area (Å²) in [7, 11) is -1.39. The highest BCUT2D eigenvalue weighted by molar-refractivity contribution is 7.99. The summed E-state index contributed by atoms with van der Waals surface area (Å²) in [5, 5.41) is 9.87. The summed E-state index contributed by atoms with van der Waals surface area (Å²) in [5.74, 6) is 0.812. The summed E-state index contributed by atoms with van der Waals surface area (Å²) in [4.78, 5) is 14.3. The lowest BCUT2D eigenvalue weighted by Gasteiger charge is -2.23. The van der Waals surface area contributed by atoms with Gasteiger partial charge in [-0.25, -0.2) is 8.42 Å². The third-order valence-corrected chi connectivity index (χ3v) is 8.14. The molecule has 7 nitrogen and oxygen atoms in total. The van der Waals surface area contributed by atoms with Crippen molar-refractivity contribution in [2.45, 2.75) is 17.6 Å². The van der Waals surface area contributed by atoms with Crippen LogP contribution < -0.4 is 0 Å². The van der Waals surface area contributed by atoms with Gasteiger partial charge in [0.1, 0.15) is 0 Å². The van der Waals surface area contributed by atoms with Crippen LogP contribution in [0.15, 0.2) is 59.8 Å². The van der Waals surface area contributed by atoms with E-state index in [1.54, 1.807) is 24.1 Å². The maximum Gasteiger partial charge on any atom is 0.233 e. The molecular weight excluding hydrogens is 456 g/mol. The first-order chi connectivity index (χ1) is 14.8. The predicted octanol–water partition coefficient (Wildman–Crippen LogP) is 3.33. The van der Waals surface area contributed by atoms with Gasteiger partial charge in [-0.1, -0.05) is 53.7 Å². The minimum absolute atomic E-state index is 0.0268. The Kier molecular flexibility index (Phi) is 6.36. The molecule has 1 amide bonds. The van der Waals surface area contributed by atoms with Crippen molar-refractivity contribution in [3.63, 3.8) is 0 Å². The number of hydrogen-bond acceptors (Lipinski definition) is 6. The fourth-order valence-electron chi connectivity index (χ4n) is 3.47. The zero-order valence-corrected chi connectivity index (χ0v) is 19.2. The zero-order valence-electron chi connectivity index (χ0n) is 16.8. The highest BCUT2D eigenvalue weighted by atomic mass is 35.5. The van der Waals surface area contributed by atoms with Gasteiger partial charge in [-0.15, -0.1) is 10.2 Å². The number of aromatic nitrogens is 3. The summed E-state index contributed by atoms with van der Waals surface area (Å²) in [6, 6.07) is 16.7. The first-order valence-corrected chi connectivity index (χ1v) is 12.9. The van der Waals surface area contributed by atoms with Crippen LogP contribution >= 0.6 is 23.4 Å². The minimum Gasteiger partial charge on any atom is -0.341 e. The van der Waals surface area contributed by atoms with E-state index < -0.39 is 9.84 Å². The van der Waals surface area contributed by atoms with E-state index in [1.807, 2.05) is 47.0 Å². The summed E-state index contributed by atoms with van der Waals surface area (Å²) < 4.78 is 25.4. The summed E-state index contributed by atoms with van der Waals surface area (Å²) in [5.41, 5.74) is 1.73.